The van der Waals surface area contributed by atoms with E-state index in [1.165, 1.54) is 0 Å². The van der Waals surface area contributed by atoms with Gasteiger partial charge in [0.15, 0.2) is 0 Å². The summed E-state index contributed by atoms with van der Waals surface area (Å²) in [5, 5.41) is 12.5. The lowest BCUT2D eigenvalue weighted by molar-refractivity contribution is 0.108. The maximum atomic E-state index is 12.0. The first-order valence-corrected chi connectivity index (χ1v) is 7.36. The van der Waals surface area contributed by atoms with Crippen LogP contribution in [0.5, 0.6) is 0 Å². The Morgan fingerprint density at radius 2 is 1.78 bits per heavy atom. The van der Waals surface area contributed by atoms with Gasteiger partial charge in [0.05, 0.1) is 6.10 Å². The van der Waals surface area contributed by atoms with Crippen molar-refractivity contribution in [2.24, 2.45) is 11.8 Å². The number of rotatable bonds is 2. The zero-order chi connectivity index (χ0) is 13.0. The first-order valence-electron chi connectivity index (χ1n) is 7.36. The minimum atomic E-state index is -0.111. The van der Waals surface area contributed by atoms with Crippen LogP contribution in [-0.4, -0.2) is 41.8 Å². The SMILES string of the molecule is CC1CCN(C(=O)NCC2CCC(O)CC2)CC1. The molecule has 0 aromatic rings. The number of aliphatic hydroxyl groups excluding tert-OH is 1. The molecular weight excluding hydrogens is 228 g/mol. The number of nitrogens with one attached hydrogen (secondary N) is 1. The molecule has 0 unspecified atom stereocenters. The second-order valence-corrected chi connectivity index (χ2v) is 6.03. The highest BCUT2D eigenvalue weighted by Gasteiger charge is 2.23. The molecule has 2 N–H and O–H groups in total. The number of likely N-dealkylation sites (tertiary alicyclic amines) is 1. The smallest absolute Gasteiger partial charge is 0.317 e. The van der Waals surface area contributed by atoms with Crippen LogP contribution in [0, 0.1) is 11.8 Å². The van der Waals surface area contributed by atoms with Gasteiger partial charge in [0, 0.05) is 19.6 Å². The molecule has 18 heavy (non-hydrogen) atoms. The van der Waals surface area contributed by atoms with Gasteiger partial charge < -0.3 is 15.3 Å². The van der Waals surface area contributed by atoms with Crippen LogP contribution in [0.1, 0.15) is 45.4 Å². The summed E-state index contributed by atoms with van der Waals surface area (Å²) in [5.74, 6) is 1.31. The van der Waals surface area contributed by atoms with Gasteiger partial charge in [-0.1, -0.05) is 6.92 Å². The van der Waals surface area contributed by atoms with Gasteiger partial charge in [-0.15, -0.1) is 0 Å². The Bertz CT molecular complexity index is 267. The third-order valence-corrected chi connectivity index (χ3v) is 4.43. The topological polar surface area (TPSA) is 52.6 Å². The number of carbonyl (C=O) groups excluding carboxylic acids is 1. The zero-order valence-electron chi connectivity index (χ0n) is 11.4. The predicted octanol–water partition coefficient (Wildman–Crippen LogP) is 1.98. The number of amides is 2. The Balaban J connectivity index is 1.65. The normalized spacial score (nSPS) is 30.2. The summed E-state index contributed by atoms with van der Waals surface area (Å²) >= 11 is 0. The van der Waals surface area contributed by atoms with E-state index in [2.05, 4.69) is 12.2 Å². The summed E-state index contributed by atoms with van der Waals surface area (Å²) in [7, 11) is 0. The fourth-order valence-electron chi connectivity index (χ4n) is 2.90. The first-order chi connectivity index (χ1) is 8.65. The van der Waals surface area contributed by atoms with Crippen molar-refractivity contribution >= 4 is 6.03 Å². The van der Waals surface area contributed by atoms with Gasteiger partial charge in [0.25, 0.3) is 0 Å². The van der Waals surface area contributed by atoms with Crippen LogP contribution in [0.15, 0.2) is 0 Å². The van der Waals surface area contributed by atoms with Crippen molar-refractivity contribution in [1.29, 1.82) is 0 Å². The fourth-order valence-corrected chi connectivity index (χ4v) is 2.90. The van der Waals surface area contributed by atoms with Crippen LogP contribution < -0.4 is 5.32 Å². The predicted molar refractivity (Wildman–Crippen MR) is 71.3 cm³/mol. The molecule has 0 spiro atoms. The molecule has 4 nitrogen and oxygen atoms in total. The lowest BCUT2D eigenvalue weighted by Crippen LogP contribution is -2.45. The van der Waals surface area contributed by atoms with Crippen molar-refractivity contribution in [2.45, 2.75) is 51.6 Å². The molecule has 0 aromatic heterocycles. The van der Waals surface area contributed by atoms with Crippen molar-refractivity contribution < 1.29 is 9.90 Å². The number of urea groups is 1. The second-order valence-electron chi connectivity index (χ2n) is 6.03. The van der Waals surface area contributed by atoms with E-state index in [4.69, 9.17) is 0 Å². The maximum absolute atomic E-state index is 12.0. The van der Waals surface area contributed by atoms with Crippen molar-refractivity contribution in [2.75, 3.05) is 19.6 Å². The standard InChI is InChI=1S/C14H26N2O2/c1-11-6-8-16(9-7-11)14(18)15-10-12-2-4-13(17)5-3-12/h11-13,17H,2-10H2,1H3,(H,15,18). The van der Waals surface area contributed by atoms with Gasteiger partial charge in [-0.3, -0.25) is 0 Å². The first kappa shape index (κ1) is 13.7. The third kappa shape index (κ3) is 3.87. The minimum absolute atomic E-state index is 0.105. The monoisotopic (exact) mass is 254 g/mol. The van der Waals surface area contributed by atoms with Crippen LogP contribution in [-0.2, 0) is 0 Å². The zero-order valence-corrected chi connectivity index (χ0v) is 11.4. The molecule has 1 aliphatic carbocycles. The highest BCUT2D eigenvalue weighted by atomic mass is 16.3. The highest BCUT2D eigenvalue weighted by molar-refractivity contribution is 5.74. The Morgan fingerprint density at radius 1 is 1.17 bits per heavy atom. The minimum Gasteiger partial charge on any atom is -0.393 e. The number of aliphatic hydroxyl groups is 1. The van der Waals surface area contributed by atoms with Gasteiger partial charge >= 0.3 is 6.03 Å². The van der Waals surface area contributed by atoms with Gasteiger partial charge in [0.2, 0.25) is 0 Å². The van der Waals surface area contributed by atoms with E-state index in [1.54, 1.807) is 0 Å². The van der Waals surface area contributed by atoms with Gasteiger partial charge in [0.1, 0.15) is 0 Å². The number of nitrogens with zero attached hydrogens (tertiary/aromatic N) is 1. The lowest BCUT2D eigenvalue weighted by atomic mass is 9.87. The van der Waals surface area contributed by atoms with Gasteiger partial charge in [-0.25, -0.2) is 4.79 Å². The molecule has 0 bridgehead atoms. The average molecular weight is 254 g/mol. The summed E-state index contributed by atoms with van der Waals surface area (Å²) in [5.41, 5.74) is 0. The summed E-state index contributed by atoms with van der Waals surface area (Å²) in [4.78, 5) is 13.9. The van der Waals surface area contributed by atoms with E-state index in [0.717, 1.165) is 64.1 Å². The summed E-state index contributed by atoms with van der Waals surface area (Å²) in [6, 6.07) is 0.105. The molecule has 2 amide bonds. The Hall–Kier alpha value is -0.770. The van der Waals surface area contributed by atoms with Crippen molar-refractivity contribution in [3.8, 4) is 0 Å². The number of hydrogen-bond donors (Lipinski definition) is 2. The third-order valence-electron chi connectivity index (χ3n) is 4.43. The quantitative estimate of drug-likeness (QED) is 0.791. The fraction of sp³-hybridized carbons (Fsp3) is 0.929. The number of piperidine rings is 1. The van der Waals surface area contributed by atoms with Crippen molar-refractivity contribution in [1.82, 2.24) is 10.2 Å². The van der Waals surface area contributed by atoms with Crippen LogP contribution in [0.25, 0.3) is 0 Å². The number of hydrogen-bond acceptors (Lipinski definition) is 2. The summed E-state index contributed by atoms with van der Waals surface area (Å²) in [6.45, 7) is 4.83. The van der Waals surface area contributed by atoms with Gasteiger partial charge in [-0.05, 0) is 50.4 Å². The van der Waals surface area contributed by atoms with Crippen LogP contribution >= 0.6 is 0 Å². The summed E-state index contributed by atoms with van der Waals surface area (Å²) < 4.78 is 0. The molecule has 1 saturated heterocycles. The molecule has 1 aliphatic heterocycles. The van der Waals surface area contributed by atoms with E-state index >= 15 is 0 Å². The second kappa shape index (κ2) is 6.41. The Labute approximate surface area is 110 Å². The summed E-state index contributed by atoms with van der Waals surface area (Å²) in [6.07, 6.45) is 6.01. The van der Waals surface area contributed by atoms with Crippen LogP contribution in [0.2, 0.25) is 0 Å². The largest absolute Gasteiger partial charge is 0.393 e. The molecule has 1 saturated carbocycles. The molecule has 0 aromatic carbocycles. The average Bonchev–Trinajstić information content (AvgIpc) is 2.38. The van der Waals surface area contributed by atoms with E-state index in [0.29, 0.717) is 5.92 Å². The molecule has 2 fully saturated rings. The maximum Gasteiger partial charge on any atom is 0.317 e. The van der Waals surface area contributed by atoms with Crippen molar-refractivity contribution in [3.05, 3.63) is 0 Å². The Morgan fingerprint density at radius 3 is 2.39 bits per heavy atom. The molecule has 0 radical (unpaired) electrons. The van der Waals surface area contributed by atoms with Crippen molar-refractivity contribution in [3.63, 3.8) is 0 Å². The van der Waals surface area contributed by atoms with Crippen LogP contribution in [0.4, 0.5) is 4.79 Å². The molecule has 2 aliphatic rings. The van der Waals surface area contributed by atoms with E-state index in [-0.39, 0.29) is 12.1 Å². The van der Waals surface area contributed by atoms with E-state index in [1.807, 2.05) is 4.90 Å². The Kier molecular flexibility index (Phi) is 4.87. The molecule has 104 valence electrons. The highest BCUT2D eigenvalue weighted by Crippen LogP contribution is 2.23. The molecule has 2 rings (SSSR count). The molecular formula is C14H26N2O2. The molecule has 0 atom stereocenters. The van der Waals surface area contributed by atoms with E-state index < -0.39 is 0 Å². The molecule has 4 heteroatoms. The lowest BCUT2D eigenvalue weighted by Gasteiger charge is -2.31. The van der Waals surface area contributed by atoms with Crippen LogP contribution in [0.3, 0.4) is 0 Å². The van der Waals surface area contributed by atoms with E-state index in [9.17, 15) is 9.90 Å². The molecule has 1 heterocycles. The number of carbonyl (C=O) groups is 1. The van der Waals surface area contributed by atoms with Gasteiger partial charge in [-0.2, -0.15) is 0 Å².